The number of aryl methyl sites for hydroxylation is 1. The minimum absolute atomic E-state index is 0.0226. The first kappa shape index (κ1) is 26.3. The lowest BCUT2D eigenvalue weighted by atomic mass is 9.99. The van der Waals surface area contributed by atoms with Crippen LogP contribution in [0.1, 0.15) is 48.3 Å². The molecule has 196 valence electrons. The minimum atomic E-state index is -2.92. The summed E-state index contributed by atoms with van der Waals surface area (Å²) >= 11 is 0. The van der Waals surface area contributed by atoms with Crippen LogP contribution in [-0.2, 0) is 9.53 Å². The molecule has 2 aromatic heterocycles. The number of benzene rings is 1. The zero-order valence-corrected chi connectivity index (χ0v) is 21.0. The van der Waals surface area contributed by atoms with Gasteiger partial charge in [-0.25, -0.2) is 23.1 Å². The van der Waals surface area contributed by atoms with Gasteiger partial charge in [0.1, 0.15) is 24.1 Å². The van der Waals surface area contributed by atoms with Crippen molar-refractivity contribution in [3.05, 3.63) is 58.7 Å². The second-order valence-corrected chi connectivity index (χ2v) is 8.71. The van der Waals surface area contributed by atoms with Crippen molar-refractivity contribution < 1.29 is 27.4 Å². The van der Waals surface area contributed by atoms with E-state index < -0.39 is 23.8 Å². The summed E-state index contributed by atoms with van der Waals surface area (Å²) in [7, 11) is 3.00. The summed E-state index contributed by atoms with van der Waals surface area (Å²) in [4.78, 5) is 27.4. The van der Waals surface area contributed by atoms with Crippen LogP contribution >= 0.6 is 0 Å². The van der Waals surface area contributed by atoms with Crippen LogP contribution in [0.3, 0.4) is 0 Å². The lowest BCUT2D eigenvalue weighted by Gasteiger charge is -2.27. The SMILES string of the molecule is COCC(=O)N1CC=C(c2cc3c(N[C@H](C)c4cccc(C(F)F)c4F)nc(C)nc3nc2OC)CC1. The molecule has 1 atom stereocenters. The molecule has 1 aliphatic rings. The second-order valence-electron chi connectivity index (χ2n) is 8.71. The summed E-state index contributed by atoms with van der Waals surface area (Å²) in [6, 6.07) is 5.12. The Morgan fingerprint density at radius 1 is 1.19 bits per heavy atom. The van der Waals surface area contributed by atoms with Crippen molar-refractivity contribution in [2.24, 2.45) is 0 Å². The number of alkyl halides is 2. The van der Waals surface area contributed by atoms with Crippen LogP contribution in [0, 0.1) is 12.7 Å². The Kier molecular flexibility index (Phi) is 7.91. The van der Waals surface area contributed by atoms with Gasteiger partial charge in [0.25, 0.3) is 6.43 Å². The second kappa shape index (κ2) is 11.1. The molecular formula is C26H28F3N5O3. The molecule has 0 bridgehead atoms. The number of methoxy groups -OCH3 is 2. The van der Waals surface area contributed by atoms with Crippen molar-refractivity contribution in [3.63, 3.8) is 0 Å². The zero-order chi connectivity index (χ0) is 26.7. The maximum absolute atomic E-state index is 14.8. The number of halogens is 3. The highest BCUT2D eigenvalue weighted by molar-refractivity contribution is 5.91. The molecule has 37 heavy (non-hydrogen) atoms. The Morgan fingerprint density at radius 2 is 1.95 bits per heavy atom. The van der Waals surface area contributed by atoms with Gasteiger partial charge in [0, 0.05) is 31.3 Å². The summed E-state index contributed by atoms with van der Waals surface area (Å²) in [6.07, 6.45) is -0.396. The van der Waals surface area contributed by atoms with Gasteiger partial charge in [0.15, 0.2) is 5.65 Å². The van der Waals surface area contributed by atoms with E-state index in [2.05, 4.69) is 20.3 Å². The van der Waals surface area contributed by atoms with E-state index in [1.807, 2.05) is 12.1 Å². The number of fused-ring (bicyclic) bond motifs is 1. The predicted molar refractivity (Wildman–Crippen MR) is 133 cm³/mol. The van der Waals surface area contributed by atoms with Gasteiger partial charge in [-0.05, 0) is 31.9 Å². The average Bonchev–Trinajstić information content (AvgIpc) is 2.88. The summed E-state index contributed by atoms with van der Waals surface area (Å²) in [5, 5.41) is 3.72. The number of amides is 1. The van der Waals surface area contributed by atoms with E-state index in [-0.39, 0.29) is 18.1 Å². The lowest BCUT2D eigenvalue weighted by Crippen LogP contribution is -2.36. The largest absolute Gasteiger partial charge is 0.481 e. The first-order valence-electron chi connectivity index (χ1n) is 11.8. The number of hydrogen-bond donors (Lipinski definition) is 1. The fourth-order valence-corrected chi connectivity index (χ4v) is 4.35. The monoisotopic (exact) mass is 515 g/mol. The van der Waals surface area contributed by atoms with Crippen LogP contribution in [0.15, 0.2) is 30.3 Å². The Bertz CT molecular complexity index is 1350. The number of rotatable bonds is 8. The number of anilines is 1. The molecule has 1 amide bonds. The maximum atomic E-state index is 14.8. The number of ether oxygens (including phenoxy) is 2. The van der Waals surface area contributed by atoms with E-state index >= 15 is 0 Å². The average molecular weight is 516 g/mol. The molecule has 0 spiro atoms. The summed E-state index contributed by atoms with van der Waals surface area (Å²) in [5.41, 5.74) is 1.49. The molecule has 0 aliphatic carbocycles. The van der Waals surface area contributed by atoms with Crippen LogP contribution < -0.4 is 10.1 Å². The van der Waals surface area contributed by atoms with Crippen LogP contribution in [0.4, 0.5) is 19.0 Å². The topological polar surface area (TPSA) is 89.5 Å². The number of pyridine rings is 1. The molecule has 11 heteroatoms. The highest BCUT2D eigenvalue weighted by atomic mass is 19.3. The maximum Gasteiger partial charge on any atom is 0.266 e. The Morgan fingerprint density at radius 3 is 2.59 bits per heavy atom. The van der Waals surface area contributed by atoms with E-state index in [9.17, 15) is 18.0 Å². The van der Waals surface area contributed by atoms with E-state index in [0.717, 1.165) is 17.2 Å². The molecular weight excluding hydrogens is 487 g/mol. The van der Waals surface area contributed by atoms with Crippen molar-refractivity contribution in [1.82, 2.24) is 19.9 Å². The zero-order valence-electron chi connectivity index (χ0n) is 21.0. The van der Waals surface area contributed by atoms with Crippen molar-refractivity contribution in [3.8, 4) is 5.88 Å². The van der Waals surface area contributed by atoms with Gasteiger partial charge in [-0.3, -0.25) is 4.79 Å². The number of carbonyl (C=O) groups excluding carboxylic acids is 1. The van der Waals surface area contributed by atoms with E-state index in [0.29, 0.717) is 48.1 Å². The molecule has 3 heterocycles. The first-order valence-corrected chi connectivity index (χ1v) is 11.8. The molecule has 0 radical (unpaired) electrons. The number of nitrogens with one attached hydrogen (secondary N) is 1. The lowest BCUT2D eigenvalue weighted by molar-refractivity contribution is -0.134. The Labute approximate surface area is 212 Å². The number of hydrogen-bond acceptors (Lipinski definition) is 7. The third-order valence-electron chi connectivity index (χ3n) is 6.25. The molecule has 1 N–H and O–H groups in total. The Balaban J connectivity index is 1.71. The highest BCUT2D eigenvalue weighted by Gasteiger charge is 2.23. The van der Waals surface area contributed by atoms with E-state index in [4.69, 9.17) is 9.47 Å². The third kappa shape index (κ3) is 5.51. The van der Waals surface area contributed by atoms with Crippen molar-refractivity contribution in [2.45, 2.75) is 32.7 Å². The van der Waals surface area contributed by atoms with Gasteiger partial charge < -0.3 is 19.7 Å². The van der Waals surface area contributed by atoms with Gasteiger partial charge in [-0.15, -0.1) is 0 Å². The standard InChI is InChI=1S/C26H28F3N5O3/c1-14(17-6-5-7-18(22(17)27)23(28)29)30-24-20-12-19(26(37-4)33-25(20)32-15(2)31-24)16-8-10-34(11-9-16)21(35)13-36-3/h5-8,12,14,23H,9-11,13H2,1-4H3,(H,30,31,32,33)/t14-/m1/s1. The molecule has 0 unspecified atom stereocenters. The van der Waals surface area contributed by atoms with Crippen LogP contribution in [-0.4, -0.2) is 59.7 Å². The molecule has 0 saturated heterocycles. The number of carbonyl (C=O) groups is 1. The van der Waals surface area contributed by atoms with E-state index in [1.54, 1.807) is 18.7 Å². The highest BCUT2D eigenvalue weighted by Crippen LogP contribution is 2.35. The molecule has 3 aromatic rings. The summed E-state index contributed by atoms with van der Waals surface area (Å²) in [5.74, 6) is 0.155. The van der Waals surface area contributed by atoms with Gasteiger partial charge >= 0.3 is 0 Å². The van der Waals surface area contributed by atoms with Gasteiger partial charge in [-0.1, -0.05) is 24.3 Å². The normalized spacial score (nSPS) is 14.6. The third-order valence-corrected chi connectivity index (χ3v) is 6.25. The molecule has 8 nitrogen and oxygen atoms in total. The summed E-state index contributed by atoms with van der Waals surface area (Å²) in [6.45, 7) is 4.33. The quantitative estimate of drug-likeness (QED) is 0.459. The summed E-state index contributed by atoms with van der Waals surface area (Å²) < 4.78 is 51.7. The molecule has 4 rings (SSSR count). The first-order chi connectivity index (χ1) is 17.7. The molecule has 0 fully saturated rings. The smallest absolute Gasteiger partial charge is 0.266 e. The van der Waals surface area contributed by atoms with Crippen LogP contribution in [0.2, 0.25) is 0 Å². The van der Waals surface area contributed by atoms with Crippen LogP contribution in [0.25, 0.3) is 16.6 Å². The van der Waals surface area contributed by atoms with E-state index in [1.165, 1.54) is 26.4 Å². The van der Waals surface area contributed by atoms with Crippen molar-refractivity contribution >= 4 is 28.3 Å². The molecule has 0 saturated carbocycles. The minimum Gasteiger partial charge on any atom is -0.481 e. The van der Waals surface area contributed by atoms with Crippen molar-refractivity contribution in [1.29, 1.82) is 0 Å². The van der Waals surface area contributed by atoms with Gasteiger partial charge in [0.05, 0.1) is 24.1 Å². The number of aromatic nitrogens is 3. The van der Waals surface area contributed by atoms with Crippen LogP contribution in [0.5, 0.6) is 5.88 Å². The fourth-order valence-electron chi connectivity index (χ4n) is 4.35. The fraction of sp³-hybridized carbons (Fsp3) is 0.385. The molecule has 1 aromatic carbocycles. The van der Waals surface area contributed by atoms with Gasteiger partial charge in [-0.2, -0.15) is 4.98 Å². The molecule has 1 aliphatic heterocycles. The predicted octanol–water partition coefficient (Wildman–Crippen LogP) is 4.85. The Hall–Kier alpha value is -3.73. The number of nitrogens with zero attached hydrogens (tertiary/aromatic N) is 4. The van der Waals surface area contributed by atoms with Gasteiger partial charge in [0.2, 0.25) is 11.8 Å². The van der Waals surface area contributed by atoms with Crippen molar-refractivity contribution in [2.75, 3.05) is 39.2 Å².